The number of unbranched alkanes of at least 4 members (excludes halogenated alkanes) is 3. The van der Waals surface area contributed by atoms with Crippen LogP contribution in [0, 0.1) is 11.3 Å². The molecule has 3 heteroatoms. The van der Waals surface area contributed by atoms with Crippen LogP contribution in [0.25, 0.3) is 0 Å². The molecular weight excluding hydrogens is 202 g/mol. The summed E-state index contributed by atoms with van der Waals surface area (Å²) in [6.45, 7) is 0.633. The van der Waals surface area contributed by atoms with E-state index in [2.05, 4.69) is 6.07 Å². The van der Waals surface area contributed by atoms with Crippen molar-refractivity contribution in [2.24, 2.45) is 0 Å². The van der Waals surface area contributed by atoms with Crippen molar-refractivity contribution >= 4 is 6.29 Å². The molecule has 0 saturated heterocycles. The Hall–Kier alpha value is -1.82. The third kappa shape index (κ3) is 4.61. The van der Waals surface area contributed by atoms with E-state index in [-0.39, 0.29) is 0 Å². The molecule has 16 heavy (non-hydrogen) atoms. The molecule has 1 aromatic carbocycles. The third-order valence-corrected chi connectivity index (χ3v) is 2.20. The fourth-order valence-corrected chi connectivity index (χ4v) is 1.35. The molecule has 0 saturated carbocycles. The van der Waals surface area contributed by atoms with Crippen LogP contribution in [0.2, 0.25) is 0 Å². The zero-order valence-corrected chi connectivity index (χ0v) is 9.19. The standard InChI is InChI=1S/C13H15NO2/c14-8-3-1-2-4-9-16-13-7-5-6-12(10-13)11-15/h5-7,10-11H,1-4,9H2. The zero-order chi connectivity index (χ0) is 11.6. The highest BCUT2D eigenvalue weighted by atomic mass is 16.5. The molecule has 0 aromatic heterocycles. The summed E-state index contributed by atoms with van der Waals surface area (Å²) in [5, 5.41) is 8.34. The number of rotatable bonds is 7. The Morgan fingerprint density at radius 3 is 2.94 bits per heavy atom. The lowest BCUT2D eigenvalue weighted by Crippen LogP contribution is -1.97. The van der Waals surface area contributed by atoms with E-state index in [0.29, 0.717) is 18.6 Å². The largest absolute Gasteiger partial charge is 0.494 e. The molecule has 0 aliphatic heterocycles. The van der Waals surface area contributed by atoms with Crippen LogP contribution in [0.1, 0.15) is 36.0 Å². The molecule has 0 unspecified atom stereocenters. The second kappa shape index (κ2) is 7.47. The molecule has 1 rings (SSSR count). The first-order valence-corrected chi connectivity index (χ1v) is 5.42. The molecule has 0 bridgehead atoms. The minimum absolute atomic E-state index is 0.612. The maximum absolute atomic E-state index is 10.5. The minimum Gasteiger partial charge on any atom is -0.494 e. The molecule has 0 atom stereocenters. The van der Waals surface area contributed by atoms with Gasteiger partial charge in [-0.25, -0.2) is 0 Å². The number of carbonyl (C=O) groups excluding carboxylic acids is 1. The van der Waals surface area contributed by atoms with Crippen molar-refractivity contribution in [3.8, 4) is 11.8 Å². The van der Waals surface area contributed by atoms with E-state index in [1.165, 1.54) is 0 Å². The second-order valence-corrected chi connectivity index (χ2v) is 3.51. The van der Waals surface area contributed by atoms with Gasteiger partial charge in [0.05, 0.1) is 12.7 Å². The van der Waals surface area contributed by atoms with Gasteiger partial charge in [-0.2, -0.15) is 5.26 Å². The van der Waals surface area contributed by atoms with E-state index in [0.717, 1.165) is 31.3 Å². The van der Waals surface area contributed by atoms with Crippen LogP contribution in [0.5, 0.6) is 5.75 Å². The number of carbonyl (C=O) groups is 1. The van der Waals surface area contributed by atoms with Crippen molar-refractivity contribution in [2.45, 2.75) is 25.7 Å². The van der Waals surface area contributed by atoms with Gasteiger partial charge < -0.3 is 4.74 Å². The van der Waals surface area contributed by atoms with Crippen molar-refractivity contribution in [1.29, 1.82) is 5.26 Å². The smallest absolute Gasteiger partial charge is 0.150 e. The van der Waals surface area contributed by atoms with Crippen LogP contribution in [-0.4, -0.2) is 12.9 Å². The van der Waals surface area contributed by atoms with Gasteiger partial charge in [0.2, 0.25) is 0 Å². The quantitative estimate of drug-likeness (QED) is 0.521. The van der Waals surface area contributed by atoms with Crippen LogP contribution >= 0.6 is 0 Å². The number of ether oxygens (including phenoxy) is 1. The number of nitrogens with zero attached hydrogens (tertiary/aromatic N) is 1. The number of benzene rings is 1. The second-order valence-electron chi connectivity index (χ2n) is 3.51. The Kier molecular flexibility index (Phi) is 5.72. The summed E-state index contributed by atoms with van der Waals surface area (Å²) in [5.74, 6) is 0.727. The molecule has 0 radical (unpaired) electrons. The number of aldehydes is 1. The van der Waals surface area contributed by atoms with Gasteiger partial charge in [0, 0.05) is 12.0 Å². The molecule has 0 fully saturated rings. The molecule has 1 aromatic rings. The predicted octanol–water partition coefficient (Wildman–Crippen LogP) is 2.96. The van der Waals surface area contributed by atoms with Gasteiger partial charge in [0.25, 0.3) is 0 Å². The summed E-state index contributed by atoms with van der Waals surface area (Å²) in [7, 11) is 0. The van der Waals surface area contributed by atoms with Gasteiger partial charge in [-0.15, -0.1) is 0 Å². The summed E-state index contributed by atoms with van der Waals surface area (Å²) < 4.78 is 5.49. The molecule has 84 valence electrons. The van der Waals surface area contributed by atoms with Crippen molar-refractivity contribution in [3.63, 3.8) is 0 Å². The maximum atomic E-state index is 10.5. The van der Waals surface area contributed by atoms with Gasteiger partial charge in [-0.05, 0) is 31.4 Å². The SMILES string of the molecule is N#CCCCCCOc1cccc(C=O)c1. The first-order chi connectivity index (χ1) is 7.86. The van der Waals surface area contributed by atoms with Crippen molar-refractivity contribution in [2.75, 3.05) is 6.61 Å². The number of hydrogen-bond acceptors (Lipinski definition) is 3. The first-order valence-electron chi connectivity index (χ1n) is 5.42. The summed E-state index contributed by atoms with van der Waals surface area (Å²) in [6.07, 6.45) is 4.28. The maximum Gasteiger partial charge on any atom is 0.150 e. The van der Waals surface area contributed by atoms with Gasteiger partial charge in [-0.3, -0.25) is 4.79 Å². The Morgan fingerprint density at radius 1 is 1.31 bits per heavy atom. The lowest BCUT2D eigenvalue weighted by Gasteiger charge is -2.05. The van der Waals surface area contributed by atoms with E-state index in [1.807, 2.05) is 6.07 Å². The lowest BCUT2D eigenvalue weighted by atomic mass is 10.2. The molecular formula is C13H15NO2. The highest BCUT2D eigenvalue weighted by Crippen LogP contribution is 2.12. The van der Waals surface area contributed by atoms with Crippen molar-refractivity contribution < 1.29 is 9.53 Å². The Balaban J connectivity index is 2.21. The van der Waals surface area contributed by atoms with Crippen molar-refractivity contribution in [3.05, 3.63) is 29.8 Å². The molecule has 0 spiro atoms. The van der Waals surface area contributed by atoms with Gasteiger partial charge in [0.15, 0.2) is 0 Å². The molecule has 3 nitrogen and oxygen atoms in total. The monoisotopic (exact) mass is 217 g/mol. The zero-order valence-electron chi connectivity index (χ0n) is 9.19. The lowest BCUT2D eigenvalue weighted by molar-refractivity contribution is 0.112. The Morgan fingerprint density at radius 2 is 2.19 bits per heavy atom. The van der Waals surface area contributed by atoms with E-state index in [4.69, 9.17) is 10.00 Å². The van der Waals surface area contributed by atoms with E-state index in [9.17, 15) is 4.79 Å². The van der Waals surface area contributed by atoms with E-state index >= 15 is 0 Å². The van der Waals surface area contributed by atoms with Crippen molar-refractivity contribution in [1.82, 2.24) is 0 Å². The van der Waals surface area contributed by atoms with Crippen LogP contribution in [0.4, 0.5) is 0 Å². The highest BCUT2D eigenvalue weighted by molar-refractivity contribution is 5.75. The van der Waals surface area contributed by atoms with Gasteiger partial charge >= 0.3 is 0 Å². The average Bonchev–Trinajstić information content (AvgIpc) is 2.34. The fraction of sp³-hybridized carbons (Fsp3) is 0.385. The summed E-state index contributed by atoms with van der Waals surface area (Å²) in [5.41, 5.74) is 0.627. The number of nitriles is 1. The van der Waals surface area contributed by atoms with Gasteiger partial charge in [-0.1, -0.05) is 12.1 Å². The Labute approximate surface area is 95.7 Å². The van der Waals surface area contributed by atoms with Crippen LogP contribution in [-0.2, 0) is 0 Å². The normalized spacial score (nSPS) is 9.44. The summed E-state index contributed by atoms with van der Waals surface area (Å²) in [6, 6.07) is 9.21. The topological polar surface area (TPSA) is 50.1 Å². The first kappa shape index (κ1) is 12.3. The van der Waals surface area contributed by atoms with Gasteiger partial charge in [0.1, 0.15) is 12.0 Å². The van der Waals surface area contributed by atoms with Crippen LogP contribution in [0.15, 0.2) is 24.3 Å². The summed E-state index contributed by atoms with van der Waals surface area (Å²) >= 11 is 0. The predicted molar refractivity (Wildman–Crippen MR) is 61.4 cm³/mol. The van der Waals surface area contributed by atoms with E-state index < -0.39 is 0 Å². The van der Waals surface area contributed by atoms with E-state index in [1.54, 1.807) is 18.2 Å². The molecule has 0 N–H and O–H groups in total. The Bertz CT molecular complexity index is 368. The molecule has 0 amide bonds. The summed E-state index contributed by atoms with van der Waals surface area (Å²) in [4.78, 5) is 10.5. The highest BCUT2D eigenvalue weighted by Gasteiger charge is 1.95. The number of hydrogen-bond donors (Lipinski definition) is 0. The molecule has 0 heterocycles. The fourth-order valence-electron chi connectivity index (χ4n) is 1.35. The molecule has 0 aliphatic rings. The molecule has 0 aliphatic carbocycles. The van der Waals surface area contributed by atoms with Crippen LogP contribution < -0.4 is 4.74 Å². The minimum atomic E-state index is 0.612. The average molecular weight is 217 g/mol. The third-order valence-electron chi connectivity index (χ3n) is 2.20. The van der Waals surface area contributed by atoms with Crippen LogP contribution in [0.3, 0.4) is 0 Å².